The second kappa shape index (κ2) is 1.74. The number of carbonyl (C=O) groups is 1. The third kappa shape index (κ3) is 1.20. The first kappa shape index (κ1) is 5.56. The highest BCUT2D eigenvalue weighted by Crippen LogP contribution is 2.31. The fourth-order valence-corrected chi connectivity index (χ4v) is 0.505. The Bertz CT molecular complexity index is 98.6. The summed E-state index contributed by atoms with van der Waals surface area (Å²) in [5.41, 5.74) is 5.40. The summed E-state index contributed by atoms with van der Waals surface area (Å²) in [6.07, 6.45) is 1.97. The Kier molecular flexibility index (Phi) is 1.21. The average molecular weight is 115 g/mol. The Morgan fingerprint density at radius 2 is 2.38 bits per heavy atom. The molecule has 0 bridgehead atoms. The van der Waals surface area contributed by atoms with Gasteiger partial charge in [-0.15, -0.1) is 0 Å². The molecule has 0 aromatic rings. The van der Waals surface area contributed by atoms with Crippen molar-refractivity contribution >= 4 is 6.47 Å². The molecular formula is C5H9NO2. The molecule has 2 N–H and O–H groups in total. The zero-order valence-corrected chi connectivity index (χ0v) is 4.59. The molecule has 0 aromatic heterocycles. The SMILES string of the molecule is NC1(COC=O)CC1. The largest absolute Gasteiger partial charge is 0.466 e. The highest BCUT2D eigenvalue weighted by molar-refractivity contribution is 5.37. The Hall–Kier alpha value is -0.570. The molecule has 3 nitrogen and oxygen atoms in total. The van der Waals surface area contributed by atoms with Gasteiger partial charge >= 0.3 is 0 Å². The van der Waals surface area contributed by atoms with E-state index in [0.29, 0.717) is 13.1 Å². The van der Waals surface area contributed by atoms with Gasteiger partial charge in [0.05, 0.1) is 5.54 Å². The highest BCUT2D eigenvalue weighted by atomic mass is 16.5. The van der Waals surface area contributed by atoms with Crippen molar-refractivity contribution in [1.29, 1.82) is 0 Å². The van der Waals surface area contributed by atoms with Crippen molar-refractivity contribution in [2.45, 2.75) is 18.4 Å². The molecule has 1 fully saturated rings. The van der Waals surface area contributed by atoms with Crippen LogP contribution in [-0.2, 0) is 9.53 Å². The lowest BCUT2D eigenvalue weighted by Crippen LogP contribution is -2.27. The Morgan fingerprint density at radius 3 is 2.75 bits per heavy atom. The first-order chi connectivity index (χ1) is 3.77. The smallest absolute Gasteiger partial charge is 0.293 e. The molecule has 0 heterocycles. The van der Waals surface area contributed by atoms with Crippen LogP contribution in [0.5, 0.6) is 0 Å². The maximum absolute atomic E-state index is 9.60. The van der Waals surface area contributed by atoms with E-state index in [1.54, 1.807) is 0 Å². The van der Waals surface area contributed by atoms with Gasteiger partial charge in [-0.25, -0.2) is 0 Å². The zero-order chi connectivity index (χ0) is 6.04. The third-order valence-electron chi connectivity index (χ3n) is 1.33. The maximum atomic E-state index is 9.60. The van der Waals surface area contributed by atoms with Crippen molar-refractivity contribution in [2.24, 2.45) is 5.73 Å². The summed E-state index contributed by atoms with van der Waals surface area (Å²) in [4.78, 5) is 9.60. The first-order valence-corrected chi connectivity index (χ1v) is 2.61. The molecule has 1 aliphatic carbocycles. The van der Waals surface area contributed by atoms with E-state index in [9.17, 15) is 4.79 Å². The van der Waals surface area contributed by atoms with Crippen molar-refractivity contribution in [3.8, 4) is 0 Å². The van der Waals surface area contributed by atoms with Crippen molar-refractivity contribution in [3.05, 3.63) is 0 Å². The molecule has 46 valence electrons. The fraction of sp³-hybridized carbons (Fsp3) is 0.800. The van der Waals surface area contributed by atoms with E-state index >= 15 is 0 Å². The van der Waals surface area contributed by atoms with Gasteiger partial charge in [-0.3, -0.25) is 4.79 Å². The number of hydrogen-bond acceptors (Lipinski definition) is 3. The number of nitrogens with two attached hydrogens (primary N) is 1. The molecule has 8 heavy (non-hydrogen) atoms. The van der Waals surface area contributed by atoms with Crippen LogP contribution in [-0.4, -0.2) is 18.6 Å². The van der Waals surface area contributed by atoms with Gasteiger partial charge in [-0.1, -0.05) is 0 Å². The van der Waals surface area contributed by atoms with Crippen LogP contribution in [0.25, 0.3) is 0 Å². The molecule has 0 atom stereocenters. The van der Waals surface area contributed by atoms with E-state index in [-0.39, 0.29) is 5.54 Å². The van der Waals surface area contributed by atoms with E-state index in [1.165, 1.54) is 0 Å². The van der Waals surface area contributed by atoms with Crippen molar-refractivity contribution in [1.82, 2.24) is 0 Å². The van der Waals surface area contributed by atoms with Crippen LogP contribution >= 0.6 is 0 Å². The second-order valence-corrected chi connectivity index (χ2v) is 2.27. The quantitative estimate of drug-likeness (QED) is 0.511. The Labute approximate surface area is 47.8 Å². The zero-order valence-electron chi connectivity index (χ0n) is 4.59. The van der Waals surface area contributed by atoms with Crippen LogP contribution in [0.4, 0.5) is 0 Å². The number of ether oxygens (including phenoxy) is 1. The molecule has 3 heteroatoms. The second-order valence-electron chi connectivity index (χ2n) is 2.27. The topological polar surface area (TPSA) is 52.3 Å². The summed E-state index contributed by atoms with van der Waals surface area (Å²) in [5.74, 6) is 0. The van der Waals surface area contributed by atoms with Crippen molar-refractivity contribution in [3.63, 3.8) is 0 Å². The number of hydrogen-bond donors (Lipinski definition) is 1. The molecule has 0 aliphatic heterocycles. The van der Waals surface area contributed by atoms with Crippen LogP contribution in [0, 0.1) is 0 Å². The number of carbonyl (C=O) groups excluding carboxylic acids is 1. The molecule has 1 saturated carbocycles. The minimum absolute atomic E-state index is 0.152. The van der Waals surface area contributed by atoms with E-state index in [1.807, 2.05) is 0 Å². The third-order valence-corrected chi connectivity index (χ3v) is 1.33. The summed E-state index contributed by atoms with van der Waals surface area (Å²) in [6, 6.07) is 0. The molecule has 1 rings (SSSR count). The summed E-state index contributed by atoms with van der Waals surface area (Å²) >= 11 is 0. The molecule has 0 aromatic carbocycles. The van der Waals surface area contributed by atoms with E-state index in [2.05, 4.69) is 4.74 Å². The lowest BCUT2D eigenvalue weighted by molar-refractivity contribution is -0.129. The average Bonchev–Trinajstić information content (AvgIpc) is 2.45. The van der Waals surface area contributed by atoms with E-state index in [0.717, 1.165) is 12.8 Å². The predicted molar refractivity (Wildman–Crippen MR) is 28.2 cm³/mol. The standard InChI is InChI=1S/C5H9NO2/c6-5(1-2-5)3-8-4-7/h4H,1-3,6H2. The highest BCUT2D eigenvalue weighted by Gasteiger charge is 2.38. The summed E-state index contributed by atoms with van der Waals surface area (Å²) < 4.78 is 4.45. The van der Waals surface area contributed by atoms with Crippen LogP contribution in [0.15, 0.2) is 0 Å². The summed E-state index contributed by atoms with van der Waals surface area (Å²) in [5, 5.41) is 0. The van der Waals surface area contributed by atoms with Gasteiger partial charge in [0.2, 0.25) is 0 Å². The molecular weight excluding hydrogens is 106 g/mol. The van der Waals surface area contributed by atoms with E-state index < -0.39 is 0 Å². The van der Waals surface area contributed by atoms with Gasteiger partial charge in [0, 0.05) is 0 Å². The normalized spacial score (nSPS) is 22.1. The monoisotopic (exact) mass is 115 g/mol. The maximum Gasteiger partial charge on any atom is 0.293 e. The minimum atomic E-state index is -0.152. The van der Waals surface area contributed by atoms with Gasteiger partial charge in [0.1, 0.15) is 6.61 Å². The first-order valence-electron chi connectivity index (χ1n) is 2.61. The van der Waals surface area contributed by atoms with Crippen molar-refractivity contribution in [2.75, 3.05) is 6.61 Å². The van der Waals surface area contributed by atoms with Crippen LogP contribution in [0.1, 0.15) is 12.8 Å². The molecule has 0 radical (unpaired) electrons. The van der Waals surface area contributed by atoms with Gasteiger partial charge in [0.25, 0.3) is 6.47 Å². The van der Waals surface area contributed by atoms with Crippen LogP contribution < -0.4 is 5.73 Å². The minimum Gasteiger partial charge on any atom is -0.466 e. The molecule has 0 saturated heterocycles. The van der Waals surface area contributed by atoms with Crippen LogP contribution in [0.2, 0.25) is 0 Å². The predicted octanol–water partition coefficient (Wildman–Crippen LogP) is -0.349. The number of rotatable bonds is 3. The summed E-state index contributed by atoms with van der Waals surface area (Å²) in [7, 11) is 0. The lowest BCUT2D eigenvalue weighted by atomic mass is 10.3. The van der Waals surface area contributed by atoms with Gasteiger partial charge in [-0.05, 0) is 12.8 Å². The molecule has 0 unspecified atom stereocenters. The summed E-state index contributed by atoms with van der Waals surface area (Å²) in [6.45, 7) is 0.823. The van der Waals surface area contributed by atoms with E-state index in [4.69, 9.17) is 5.73 Å². The van der Waals surface area contributed by atoms with Gasteiger partial charge in [0.15, 0.2) is 0 Å². The Balaban J connectivity index is 2.09. The fourth-order valence-electron chi connectivity index (χ4n) is 0.505. The van der Waals surface area contributed by atoms with Crippen LogP contribution in [0.3, 0.4) is 0 Å². The van der Waals surface area contributed by atoms with Gasteiger partial charge < -0.3 is 10.5 Å². The molecule has 0 spiro atoms. The molecule has 1 aliphatic rings. The Morgan fingerprint density at radius 1 is 1.75 bits per heavy atom. The van der Waals surface area contributed by atoms with Crippen molar-refractivity contribution < 1.29 is 9.53 Å². The molecule has 0 amide bonds. The van der Waals surface area contributed by atoms with Gasteiger partial charge in [-0.2, -0.15) is 0 Å². The lowest BCUT2D eigenvalue weighted by Gasteiger charge is -2.03.